The summed E-state index contributed by atoms with van der Waals surface area (Å²) in [5, 5.41) is 11.9. The van der Waals surface area contributed by atoms with Crippen molar-refractivity contribution >= 4 is 22.4 Å². The van der Waals surface area contributed by atoms with Crippen LogP contribution in [0.25, 0.3) is 10.6 Å². The molecule has 1 unspecified atom stereocenters. The Morgan fingerprint density at radius 1 is 1.43 bits per heavy atom. The average Bonchev–Trinajstić information content (AvgIpc) is 2.87. The van der Waals surface area contributed by atoms with Gasteiger partial charge in [-0.1, -0.05) is 35.1 Å². The van der Waals surface area contributed by atoms with Gasteiger partial charge in [0.15, 0.2) is 0 Å². The molecule has 0 aliphatic heterocycles. The lowest BCUT2D eigenvalue weighted by Gasteiger charge is -2.08. The van der Waals surface area contributed by atoms with Crippen LogP contribution in [0.15, 0.2) is 18.2 Å². The normalized spacial score (nSPS) is 12.2. The van der Waals surface area contributed by atoms with Crippen LogP contribution >= 0.6 is 11.3 Å². The number of hydrogen-bond acceptors (Lipinski definition) is 6. The molecule has 0 saturated carbocycles. The highest BCUT2D eigenvalue weighted by Crippen LogP contribution is 2.29. The highest BCUT2D eigenvalue weighted by atomic mass is 32.1. The van der Waals surface area contributed by atoms with Gasteiger partial charge in [-0.15, -0.1) is 10.2 Å². The Hall–Kier alpha value is -1.83. The molecule has 0 fully saturated rings. The van der Waals surface area contributed by atoms with Crippen LogP contribution in [0.3, 0.4) is 0 Å². The smallest absolute Gasteiger partial charge is 0.245 e. The zero-order valence-electron chi connectivity index (χ0n) is 12.2. The first-order valence-corrected chi connectivity index (χ1v) is 7.29. The van der Waals surface area contributed by atoms with Crippen molar-refractivity contribution in [2.24, 2.45) is 5.73 Å². The highest BCUT2D eigenvalue weighted by Gasteiger charge is 2.16. The van der Waals surface area contributed by atoms with Gasteiger partial charge in [0.05, 0.1) is 6.61 Å². The molecule has 0 aliphatic rings. The van der Waals surface area contributed by atoms with Crippen LogP contribution < -0.4 is 11.1 Å². The lowest BCUT2D eigenvalue weighted by Crippen LogP contribution is -2.39. The molecule has 21 heavy (non-hydrogen) atoms. The number of ether oxygens (including phenoxy) is 1. The van der Waals surface area contributed by atoms with Gasteiger partial charge in [-0.25, -0.2) is 0 Å². The molecule has 0 bridgehead atoms. The van der Waals surface area contributed by atoms with Crippen molar-refractivity contribution in [1.82, 2.24) is 10.2 Å². The number of hydrogen-bond donors (Lipinski definition) is 2. The maximum absolute atomic E-state index is 11.8. The molecule has 0 saturated heterocycles. The van der Waals surface area contributed by atoms with Gasteiger partial charge < -0.3 is 10.5 Å². The summed E-state index contributed by atoms with van der Waals surface area (Å²) in [5.41, 5.74) is 8.99. The molecule has 6 nitrogen and oxygen atoms in total. The van der Waals surface area contributed by atoms with E-state index in [0.717, 1.165) is 16.1 Å². The van der Waals surface area contributed by atoms with Crippen molar-refractivity contribution in [3.8, 4) is 10.6 Å². The largest absolute Gasteiger partial charge is 0.383 e. The van der Waals surface area contributed by atoms with Crippen LogP contribution in [0.2, 0.25) is 0 Å². The number of methoxy groups -OCH3 is 1. The van der Waals surface area contributed by atoms with E-state index in [9.17, 15) is 4.79 Å². The lowest BCUT2D eigenvalue weighted by atomic mass is 10.1. The van der Waals surface area contributed by atoms with E-state index in [-0.39, 0.29) is 12.5 Å². The third kappa shape index (κ3) is 3.84. The topological polar surface area (TPSA) is 90.1 Å². The standard InChI is InChI=1S/C14H18N4O2S/c1-8-4-5-10(9(2)6-8)13-17-18-14(21-13)16-12(19)11(15)7-20-3/h4-6,11H,7,15H2,1-3H3,(H,16,18,19). The molecule has 1 heterocycles. The molecule has 2 aromatic rings. The Balaban J connectivity index is 2.13. The van der Waals surface area contributed by atoms with E-state index in [2.05, 4.69) is 21.6 Å². The van der Waals surface area contributed by atoms with E-state index < -0.39 is 6.04 Å². The van der Waals surface area contributed by atoms with Crippen LogP contribution in [0.1, 0.15) is 11.1 Å². The summed E-state index contributed by atoms with van der Waals surface area (Å²) >= 11 is 1.32. The third-order valence-corrected chi connectivity index (χ3v) is 3.82. The molecule has 1 amide bonds. The first-order valence-electron chi connectivity index (χ1n) is 6.47. The van der Waals surface area contributed by atoms with Gasteiger partial charge in [-0.3, -0.25) is 10.1 Å². The fraction of sp³-hybridized carbons (Fsp3) is 0.357. The molecular formula is C14H18N4O2S. The summed E-state index contributed by atoms with van der Waals surface area (Å²) in [6, 6.07) is 5.40. The van der Waals surface area contributed by atoms with Crippen molar-refractivity contribution in [1.29, 1.82) is 0 Å². The van der Waals surface area contributed by atoms with Crippen LogP contribution in [0.4, 0.5) is 5.13 Å². The SMILES string of the molecule is COCC(N)C(=O)Nc1nnc(-c2ccc(C)cc2C)s1. The Morgan fingerprint density at radius 2 is 2.19 bits per heavy atom. The molecule has 112 valence electrons. The van der Waals surface area contributed by atoms with Crippen molar-refractivity contribution < 1.29 is 9.53 Å². The average molecular weight is 306 g/mol. The Labute approximate surface area is 127 Å². The van der Waals surface area contributed by atoms with Crippen molar-refractivity contribution in [2.75, 3.05) is 19.0 Å². The number of rotatable bonds is 5. The van der Waals surface area contributed by atoms with Gasteiger partial charge in [0.2, 0.25) is 11.0 Å². The number of carbonyl (C=O) groups excluding carboxylic acids is 1. The number of nitrogens with one attached hydrogen (secondary N) is 1. The number of aryl methyl sites for hydroxylation is 2. The molecule has 2 rings (SSSR count). The Bertz CT molecular complexity index is 642. The first kappa shape index (κ1) is 15.6. The second-order valence-electron chi connectivity index (χ2n) is 4.78. The predicted molar refractivity (Wildman–Crippen MR) is 83.3 cm³/mol. The van der Waals surface area contributed by atoms with E-state index >= 15 is 0 Å². The van der Waals surface area contributed by atoms with E-state index in [1.165, 1.54) is 24.0 Å². The zero-order chi connectivity index (χ0) is 15.4. The van der Waals surface area contributed by atoms with Gasteiger partial charge in [-0.2, -0.15) is 0 Å². The minimum Gasteiger partial charge on any atom is -0.383 e. The van der Waals surface area contributed by atoms with E-state index in [4.69, 9.17) is 10.5 Å². The van der Waals surface area contributed by atoms with Crippen LogP contribution in [-0.4, -0.2) is 35.9 Å². The molecule has 1 atom stereocenters. The monoisotopic (exact) mass is 306 g/mol. The molecule has 0 spiro atoms. The van der Waals surface area contributed by atoms with Gasteiger partial charge in [-0.05, 0) is 19.4 Å². The number of aromatic nitrogens is 2. The number of benzene rings is 1. The van der Waals surface area contributed by atoms with Crippen molar-refractivity contribution in [2.45, 2.75) is 19.9 Å². The minimum atomic E-state index is -0.719. The van der Waals surface area contributed by atoms with E-state index in [1.54, 1.807) is 0 Å². The fourth-order valence-electron chi connectivity index (χ4n) is 1.89. The second-order valence-corrected chi connectivity index (χ2v) is 5.76. The van der Waals surface area contributed by atoms with Crippen LogP contribution in [0.5, 0.6) is 0 Å². The zero-order valence-corrected chi connectivity index (χ0v) is 13.0. The van der Waals surface area contributed by atoms with Gasteiger partial charge in [0.1, 0.15) is 11.0 Å². The van der Waals surface area contributed by atoms with Crippen LogP contribution in [0, 0.1) is 13.8 Å². The fourth-order valence-corrected chi connectivity index (χ4v) is 2.73. The molecule has 0 aliphatic carbocycles. The van der Waals surface area contributed by atoms with Gasteiger partial charge >= 0.3 is 0 Å². The van der Waals surface area contributed by atoms with Crippen molar-refractivity contribution in [3.05, 3.63) is 29.3 Å². The molecule has 0 radical (unpaired) electrons. The number of nitrogens with zero attached hydrogens (tertiary/aromatic N) is 2. The molecule has 3 N–H and O–H groups in total. The number of nitrogens with two attached hydrogens (primary N) is 1. The molecule has 1 aromatic carbocycles. The highest BCUT2D eigenvalue weighted by molar-refractivity contribution is 7.18. The second kappa shape index (κ2) is 6.75. The minimum absolute atomic E-state index is 0.161. The Morgan fingerprint density at radius 3 is 2.86 bits per heavy atom. The summed E-state index contributed by atoms with van der Waals surface area (Å²) in [5.74, 6) is -0.333. The summed E-state index contributed by atoms with van der Waals surface area (Å²) in [7, 11) is 1.50. The van der Waals surface area contributed by atoms with Gasteiger partial charge in [0.25, 0.3) is 0 Å². The summed E-state index contributed by atoms with van der Waals surface area (Å²) in [6.07, 6.45) is 0. The maximum Gasteiger partial charge on any atom is 0.245 e. The third-order valence-electron chi connectivity index (χ3n) is 2.95. The number of amides is 1. The van der Waals surface area contributed by atoms with Crippen LogP contribution in [-0.2, 0) is 9.53 Å². The summed E-state index contributed by atoms with van der Waals surface area (Å²) in [4.78, 5) is 11.8. The van der Waals surface area contributed by atoms with E-state index in [1.807, 2.05) is 26.0 Å². The summed E-state index contributed by atoms with van der Waals surface area (Å²) < 4.78 is 4.85. The molecule has 7 heteroatoms. The summed E-state index contributed by atoms with van der Waals surface area (Å²) in [6.45, 7) is 4.23. The number of carbonyl (C=O) groups is 1. The quantitative estimate of drug-likeness (QED) is 0.878. The number of anilines is 1. The maximum atomic E-state index is 11.8. The van der Waals surface area contributed by atoms with Gasteiger partial charge in [0, 0.05) is 12.7 Å². The first-order chi connectivity index (χ1) is 10.0. The van der Waals surface area contributed by atoms with E-state index in [0.29, 0.717) is 5.13 Å². The van der Waals surface area contributed by atoms with Crippen molar-refractivity contribution in [3.63, 3.8) is 0 Å². The molecule has 1 aromatic heterocycles. The predicted octanol–water partition coefficient (Wildman–Crippen LogP) is 1.73. The Kier molecular flexibility index (Phi) is 5.00. The molecular weight excluding hydrogens is 288 g/mol. The lowest BCUT2D eigenvalue weighted by molar-refractivity contribution is -0.118.